The second-order valence-electron chi connectivity index (χ2n) is 9.10. The highest BCUT2D eigenvalue weighted by Gasteiger charge is 2.16. The summed E-state index contributed by atoms with van der Waals surface area (Å²) in [5, 5.41) is 16.7. The van der Waals surface area contributed by atoms with Crippen molar-refractivity contribution in [1.29, 1.82) is 0 Å². The van der Waals surface area contributed by atoms with Crippen LogP contribution in [0.5, 0.6) is 0 Å². The number of hydrogen-bond donors (Lipinski definition) is 4. The number of benzene rings is 1. The van der Waals surface area contributed by atoms with E-state index in [1.807, 2.05) is 39.0 Å². The first-order chi connectivity index (χ1) is 16.5. The Morgan fingerprint density at radius 3 is 2.43 bits per heavy atom. The molecule has 1 aliphatic heterocycles. The first-order valence-corrected chi connectivity index (χ1v) is 12.9. The van der Waals surface area contributed by atoms with Crippen molar-refractivity contribution in [3.05, 3.63) is 35.9 Å². The van der Waals surface area contributed by atoms with Crippen molar-refractivity contribution in [2.24, 2.45) is 0 Å². The fourth-order valence-electron chi connectivity index (χ4n) is 3.25. The van der Waals surface area contributed by atoms with Gasteiger partial charge in [-0.05, 0) is 63.3 Å². The molecular formula is C25H39BrN4O5. The molecule has 10 heteroatoms. The lowest BCUT2D eigenvalue weighted by Crippen LogP contribution is -2.35. The molecule has 1 aliphatic rings. The van der Waals surface area contributed by atoms with Gasteiger partial charge in [0.05, 0.1) is 0 Å². The summed E-state index contributed by atoms with van der Waals surface area (Å²) < 4.78 is 5.23. The van der Waals surface area contributed by atoms with Crippen LogP contribution in [0.2, 0.25) is 0 Å². The van der Waals surface area contributed by atoms with E-state index in [2.05, 4.69) is 48.9 Å². The van der Waals surface area contributed by atoms with Gasteiger partial charge in [-0.1, -0.05) is 34.1 Å². The minimum absolute atomic E-state index is 0.0593. The van der Waals surface area contributed by atoms with Crippen LogP contribution in [0.25, 0.3) is 5.57 Å². The van der Waals surface area contributed by atoms with Gasteiger partial charge < -0.3 is 25.8 Å². The Morgan fingerprint density at radius 2 is 1.86 bits per heavy atom. The van der Waals surface area contributed by atoms with Gasteiger partial charge >= 0.3 is 12.2 Å². The quantitative estimate of drug-likeness (QED) is 0.259. The molecule has 1 aromatic rings. The number of carboxylic acid groups (broad SMARTS) is 1. The highest BCUT2D eigenvalue weighted by Crippen LogP contribution is 2.24. The van der Waals surface area contributed by atoms with Crippen LogP contribution in [0.3, 0.4) is 0 Å². The highest BCUT2D eigenvalue weighted by molar-refractivity contribution is 9.09. The standard InChI is InChI=1S/C21H31N3O3.C4H8BrNO2/c1-16(25)23-19-8-5-7-18(15-19)17-9-13-24(14-10-17)12-6-11-22-20(26)27-21(2,3)4;5-2-1-3-6-4(7)8/h5,7-9,15H,6,10-14H2,1-4H3,(H,22,26)(H,23,25);6H,1-3H2,(H,7,8). The van der Waals surface area contributed by atoms with Crippen molar-refractivity contribution >= 4 is 45.3 Å². The number of alkyl carbamates (subject to hydrolysis) is 1. The van der Waals surface area contributed by atoms with E-state index in [9.17, 15) is 14.4 Å². The molecule has 0 saturated heterocycles. The van der Waals surface area contributed by atoms with E-state index in [1.165, 1.54) is 12.5 Å². The number of carbonyl (C=O) groups is 3. The van der Waals surface area contributed by atoms with E-state index in [1.54, 1.807) is 0 Å². The van der Waals surface area contributed by atoms with Crippen LogP contribution in [0.15, 0.2) is 30.3 Å². The summed E-state index contributed by atoms with van der Waals surface area (Å²) in [6.45, 7) is 11.0. The number of amides is 3. The zero-order valence-corrected chi connectivity index (χ0v) is 22.7. The second-order valence-corrected chi connectivity index (χ2v) is 9.89. The number of nitrogens with one attached hydrogen (secondary N) is 3. The summed E-state index contributed by atoms with van der Waals surface area (Å²) in [6.07, 6.45) is 3.64. The van der Waals surface area contributed by atoms with E-state index in [-0.39, 0.29) is 12.0 Å². The first-order valence-electron chi connectivity index (χ1n) is 11.8. The second kappa shape index (κ2) is 16.1. The lowest BCUT2D eigenvalue weighted by atomic mass is 9.99. The number of hydrogen-bond acceptors (Lipinski definition) is 5. The van der Waals surface area contributed by atoms with Crippen molar-refractivity contribution < 1.29 is 24.2 Å². The molecule has 0 aliphatic carbocycles. The molecule has 0 fully saturated rings. The Kier molecular flexibility index (Phi) is 14.0. The SMILES string of the molecule is CC(=O)Nc1cccc(C2=CCN(CCCNC(=O)OC(C)(C)C)CC2)c1.O=C(O)NCCCBr. The van der Waals surface area contributed by atoms with Crippen LogP contribution >= 0.6 is 15.9 Å². The van der Waals surface area contributed by atoms with Gasteiger partial charge in [0.2, 0.25) is 5.91 Å². The summed E-state index contributed by atoms with van der Waals surface area (Å²) in [5.74, 6) is -0.0593. The summed E-state index contributed by atoms with van der Waals surface area (Å²) in [6, 6.07) is 7.97. The number of anilines is 1. The van der Waals surface area contributed by atoms with Crippen molar-refractivity contribution in [3.8, 4) is 0 Å². The number of rotatable bonds is 9. The van der Waals surface area contributed by atoms with E-state index in [0.29, 0.717) is 13.1 Å². The maximum atomic E-state index is 11.6. The van der Waals surface area contributed by atoms with Crippen molar-refractivity contribution in [2.45, 2.75) is 52.6 Å². The maximum Gasteiger partial charge on any atom is 0.407 e. The summed E-state index contributed by atoms with van der Waals surface area (Å²) in [4.78, 5) is 35.0. The van der Waals surface area contributed by atoms with E-state index < -0.39 is 11.7 Å². The molecule has 0 radical (unpaired) electrons. The smallest absolute Gasteiger partial charge is 0.407 e. The van der Waals surface area contributed by atoms with E-state index >= 15 is 0 Å². The summed E-state index contributed by atoms with van der Waals surface area (Å²) in [7, 11) is 0. The third kappa shape index (κ3) is 15.1. The van der Waals surface area contributed by atoms with Crippen LogP contribution in [0.1, 0.15) is 52.5 Å². The van der Waals surface area contributed by atoms with Gasteiger partial charge in [-0.2, -0.15) is 0 Å². The molecule has 1 heterocycles. The first kappa shape index (κ1) is 30.4. The zero-order valence-electron chi connectivity index (χ0n) is 21.2. The van der Waals surface area contributed by atoms with Crippen LogP contribution in [0, 0.1) is 0 Å². The molecule has 9 nitrogen and oxygen atoms in total. The fourth-order valence-corrected chi connectivity index (χ4v) is 3.53. The molecule has 4 N–H and O–H groups in total. The molecule has 0 bridgehead atoms. The Bertz CT molecular complexity index is 855. The molecule has 0 unspecified atom stereocenters. The number of carbonyl (C=O) groups excluding carboxylic acids is 2. The van der Waals surface area contributed by atoms with Crippen LogP contribution in [0.4, 0.5) is 15.3 Å². The molecule has 0 spiro atoms. The summed E-state index contributed by atoms with van der Waals surface area (Å²) in [5.41, 5.74) is 2.84. The van der Waals surface area contributed by atoms with Crippen LogP contribution in [-0.2, 0) is 9.53 Å². The van der Waals surface area contributed by atoms with Gasteiger partial charge in [0, 0.05) is 50.7 Å². The van der Waals surface area contributed by atoms with Gasteiger partial charge in [0.15, 0.2) is 0 Å². The summed E-state index contributed by atoms with van der Waals surface area (Å²) >= 11 is 3.17. The van der Waals surface area contributed by atoms with Crippen molar-refractivity contribution in [1.82, 2.24) is 15.5 Å². The third-order valence-electron chi connectivity index (χ3n) is 4.75. The van der Waals surface area contributed by atoms with Crippen LogP contribution < -0.4 is 16.0 Å². The Morgan fingerprint density at radius 1 is 1.14 bits per heavy atom. The molecule has 196 valence electrons. The van der Waals surface area contributed by atoms with E-state index in [0.717, 1.165) is 55.5 Å². The lowest BCUT2D eigenvalue weighted by molar-refractivity contribution is -0.114. The highest BCUT2D eigenvalue weighted by atomic mass is 79.9. The van der Waals surface area contributed by atoms with Gasteiger partial charge in [-0.15, -0.1) is 0 Å². The maximum absolute atomic E-state index is 11.6. The van der Waals surface area contributed by atoms with Gasteiger partial charge in [0.25, 0.3) is 0 Å². The van der Waals surface area contributed by atoms with Crippen LogP contribution in [-0.4, -0.2) is 71.8 Å². The largest absolute Gasteiger partial charge is 0.465 e. The zero-order chi connectivity index (χ0) is 26.3. The van der Waals surface area contributed by atoms with Gasteiger partial charge in [0.1, 0.15) is 5.60 Å². The van der Waals surface area contributed by atoms with Crippen molar-refractivity contribution in [2.75, 3.05) is 43.4 Å². The predicted molar refractivity (Wildman–Crippen MR) is 143 cm³/mol. The average Bonchev–Trinajstić information content (AvgIpc) is 2.76. The predicted octanol–water partition coefficient (Wildman–Crippen LogP) is 4.69. The molecule has 0 saturated carbocycles. The number of halogens is 1. The van der Waals surface area contributed by atoms with E-state index in [4.69, 9.17) is 9.84 Å². The minimum Gasteiger partial charge on any atom is -0.465 e. The molecule has 2 rings (SSSR count). The molecule has 0 aromatic heterocycles. The van der Waals surface area contributed by atoms with Gasteiger partial charge in [-0.25, -0.2) is 9.59 Å². The topological polar surface area (TPSA) is 120 Å². The average molecular weight is 556 g/mol. The Balaban J connectivity index is 0.000000658. The number of nitrogens with zero attached hydrogens (tertiary/aromatic N) is 1. The molecular weight excluding hydrogens is 516 g/mol. The molecule has 35 heavy (non-hydrogen) atoms. The molecule has 1 aromatic carbocycles. The number of alkyl halides is 1. The Labute approximate surface area is 216 Å². The monoisotopic (exact) mass is 554 g/mol. The Hall–Kier alpha value is -2.59. The molecule has 0 atom stereocenters. The lowest BCUT2D eigenvalue weighted by Gasteiger charge is -2.26. The minimum atomic E-state index is -0.953. The van der Waals surface area contributed by atoms with Crippen molar-refractivity contribution in [3.63, 3.8) is 0 Å². The number of ether oxygens (including phenoxy) is 1. The third-order valence-corrected chi connectivity index (χ3v) is 5.31. The fraction of sp³-hybridized carbons (Fsp3) is 0.560. The molecule has 3 amide bonds. The van der Waals surface area contributed by atoms with Gasteiger partial charge in [-0.3, -0.25) is 9.69 Å². The normalized spacial score (nSPS) is 13.6.